The first-order valence-corrected chi connectivity index (χ1v) is 13.5. The fraction of sp³-hybridized carbons (Fsp3) is 0.429. The largest absolute Gasteiger partial charge is 0.384 e. The highest BCUT2D eigenvalue weighted by Crippen LogP contribution is 2.51. The summed E-state index contributed by atoms with van der Waals surface area (Å²) >= 11 is 8.08. The summed E-state index contributed by atoms with van der Waals surface area (Å²) < 4.78 is 5.48. The third-order valence-electron chi connectivity index (χ3n) is 7.33. The molecule has 8 heteroatoms. The van der Waals surface area contributed by atoms with Crippen LogP contribution in [0.25, 0.3) is 0 Å². The van der Waals surface area contributed by atoms with Crippen LogP contribution in [0.3, 0.4) is 0 Å². The zero-order chi connectivity index (χ0) is 25.6. The molecule has 1 aliphatic carbocycles. The maximum absolute atomic E-state index is 13.7. The van der Waals surface area contributed by atoms with Gasteiger partial charge in [0.05, 0.1) is 36.5 Å². The van der Waals surface area contributed by atoms with E-state index in [-0.39, 0.29) is 11.2 Å². The number of nitrogens with two attached hydrogens (primary N) is 1. The molecule has 0 amide bonds. The average molecular weight is 523 g/mol. The van der Waals surface area contributed by atoms with E-state index in [1.807, 2.05) is 30.0 Å². The second-order valence-electron chi connectivity index (χ2n) is 10.6. The lowest BCUT2D eigenvalue weighted by molar-refractivity contribution is -0.118. The molecule has 1 saturated heterocycles. The summed E-state index contributed by atoms with van der Waals surface area (Å²) in [5.74, 6) is 0.00679. The number of ether oxygens (including phenoxy) is 1. The Balaban J connectivity index is 1.63. The second-order valence-corrected chi connectivity index (χ2v) is 12.0. The van der Waals surface area contributed by atoms with Crippen LogP contribution in [0.2, 0.25) is 5.02 Å². The van der Waals surface area contributed by atoms with E-state index in [1.165, 1.54) is 5.56 Å². The Kier molecular flexibility index (Phi) is 6.73. The number of carbonyl (C=O) groups excluding carboxylic acids is 1. The van der Waals surface area contributed by atoms with Crippen LogP contribution in [0, 0.1) is 23.7 Å². The van der Waals surface area contributed by atoms with Crippen molar-refractivity contribution in [1.29, 1.82) is 5.26 Å². The Labute approximate surface area is 221 Å². The van der Waals surface area contributed by atoms with Crippen LogP contribution in [0.5, 0.6) is 0 Å². The van der Waals surface area contributed by atoms with Crippen LogP contribution in [0.15, 0.2) is 52.3 Å². The molecule has 2 aliphatic heterocycles. The Hall–Kier alpha value is -2.63. The summed E-state index contributed by atoms with van der Waals surface area (Å²) in [4.78, 5) is 19.0. The lowest BCUT2D eigenvalue weighted by Crippen LogP contribution is -2.42. The molecule has 1 aromatic heterocycles. The van der Waals surface area contributed by atoms with Gasteiger partial charge in [-0.2, -0.15) is 5.26 Å². The number of nitrogens with zero attached hydrogens (tertiary/aromatic N) is 3. The number of thiophene rings is 1. The molecule has 0 bridgehead atoms. The molecule has 5 rings (SSSR count). The number of morpholine rings is 1. The Bertz CT molecular complexity index is 1310. The molecule has 1 atom stereocenters. The van der Waals surface area contributed by atoms with Crippen molar-refractivity contribution in [2.45, 2.75) is 46.1 Å². The number of allylic oxidation sites excluding steroid dienone is 3. The third kappa shape index (κ3) is 4.48. The highest BCUT2D eigenvalue weighted by Gasteiger charge is 2.45. The maximum Gasteiger partial charge on any atom is 0.162 e. The van der Waals surface area contributed by atoms with Crippen LogP contribution in [0.4, 0.5) is 5.69 Å². The van der Waals surface area contributed by atoms with E-state index in [9.17, 15) is 10.1 Å². The molecule has 3 aliphatic rings. The summed E-state index contributed by atoms with van der Waals surface area (Å²) in [5.41, 5.74) is 11.4. The van der Waals surface area contributed by atoms with Gasteiger partial charge >= 0.3 is 0 Å². The number of halogens is 1. The minimum Gasteiger partial charge on any atom is -0.384 e. The predicted molar refractivity (Wildman–Crippen MR) is 144 cm³/mol. The van der Waals surface area contributed by atoms with Gasteiger partial charge in [-0.05, 0) is 53.5 Å². The normalized spacial score (nSPS) is 22.6. The number of anilines is 1. The van der Waals surface area contributed by atoms with Crippen LogP contribution in [-0.2, 0) is 16.1 Å². The van der Waals surface area contributed by atoms with E-state index in [1.54, 1.807) is 11.3 Å². The highest BCUT2D eigenvalue weighted by atomic mass is 35.5. The van der Waals surface area contributed by atoms with Crippen molar-refractivity contribution in [3.05, 3.63) is 73.3 Å². The molecule has 1 aromatic carbocycles. The van der Waals surface area contributed by atoms with E-state index in [2.05, 4.69) is 36.3 Å². The Morgan fingerprint density at radius 3 is 2.75 bits per heavy atom. The fourth-order valence-corrected chi connectivity index (χ4v) is 6.74. The fourth-order valence-electron chi connectivity index (χ4n) is 5.55. The van der Waals surface area contributed by atoms with Crippen LogP contribution >= 0.6 is 22.9 Å². The Morgan fingerprint density at radius 2 is 2.03 bits per heavy atom. The smallest absolute Gasteiger partial charge is 0.162 e. The van der Waals surface area contributed by atoms with Gasteiger partial charge in [0, 0.05) is 47.2 Å². The van der Waals surface area contributed by atoms with Crippen molar-refractivity contribution >= 4 is 34.4 Å². The molecule has 1 unspecified atom stereocenters. The van der Waals surface area contributed by atoms with Crippen LogP contribution in [0.1, 0.15) is 48.6 Å². The predicted octanol–water partition coefficient (Wildman–Crippen LogP) is 5.48. The zero-order valence-corrected chi connectivity index (χ0v) is 22.5. The molecule has 6 nitrogen and oxygen atoms in total. The van der Waals surface area contributed by atoms with Gasteiger partial charge in [-0.25, -0.2) is 0 Å². The van der Waals surface area contributed by atoms with E-state index >= 15 is 0 Å². The molecule has 188 valence electrons. The van der Waals surface area contributed by atoms with Gasteiger partial charge in [0.15, 0.2) is 5.78 Å². The summed E-state index contributed by atoms with van der Waals surface area (Å²) in [5, 5.41) is 13.1. The van der Waals surface area contributed by atoms with Crippen molar-refractivity contribution in [3.8, 4) is 6.07 Å². The first-order valence-electron chi connectivity index (χ1n) is 12.3. The van der Waals surface area contributed by atoms with Crippen LogP contribution < -0.4 is 10.6 Å². The monoisotopic (exact) mass is 522 g/mol. The zero-order valence-electron chi connectivity index (χ0n) is 20.9. The number of carbonyl (C=O) groups is 1. The molecule has 36 heavy (non-hydrogen) atoms. The number of Topliss-reactive ketones (excluding diaryl/α,β-unsaturated/α-hetero) is 1. The van der Waals surface area contributed by atoms with Crippen molar-refractivity contribution in [2.75, 3.05) is 31.2 Å². The van der Waals surface area contributed by atoms with Gasteiger partial charge in [0.2, 0.25) is 0 Å². The average Bonchev–Trinajstić information content (AvgIpc) is 3.28. The minimum absolute atomic E-state index is 0.0827. The summed E-state index contributed by atoms with van der Waals surface area (Å²) in [6.45, 7) is 10.3. The minimum atomic E-state index is -0.451. The number of hydrogen-bond acceptors (Lipinski definition) is 7. The quantitative estimate of drug-likeness (QED) is 0.572. The summed E-state index contributed by atoms with van der Waals surface area (Å²) in [6.07, 6.45) is 1.12. The number of ketones is 1. The summed E-state index contributed by atoms with van der Waals surface area (Å²) in [7, 11) is 0. The van der Waals surface area contributed by atoms with Gasteiger partial charge in [0.1, 0.15) is 5.82 Å². The van der Waals surface area contributed by atoms with Gasteiger partial charge in [0.25, 0.3) is 0 Å². The second kappa shape index (κ2) is 9.68. The first-order chi connectivity index (χ1) is 17.2. The van der Waals surface area contributed by atoms with Crippen molar-refractivity contribution < 1.29 is 9.53 Å². The summed E-state index contributed by atoms with van der Waals surface area (Å²) in [6, 6.07) is 10.2. The first kappa shape index (κ1) is 25.0. The van der Waals surface area contributed by atoms with Crippen LogP contribution in [-0.4, -0.2) is 37.0 Å². The lowest BCUT2D eigenvalue weighted by Gasteiger charge is -2.44. The molecule has 1 fully saturated rings. The highest BCUT2D eigenvalue weighted by molar-refractivity contribution is 7.10. The molecular formula is C28H31ClN4O2S. The number of hydrogen-bond donors (Lipinski definition) is 1. The number of nitriles is 1. The molecule has 0 saturated carbocycles. The SMILES string of the molecule is Cc1c(Cl)cccc1N1C(N)=C(C#N)C(c2cc(CN3CCOCC3)cs2)C2=C1CC(C)(C)CC2=O. The van der Waals surface area contributed by atoms with Gasteiger partial charge in [-0.3, -0.25) is 14.6 Å². The molecule has 2 N–H and O–H groups in total. The van der Waals surface area contributed by atoms with E-state index in [0.29, 0.717) is 34.8 Å². The van der Waals surface area contributed by atoms with Crippen molar-refractivity contribution in [2.24, 2.45) is 11.1 Å². The molecule has 2 aromatic rings. The van der Waals surface area contributed by atoms with E-state index in [4.69, 9.17) is 22.1 Å². The van der Waals surface area contributed by atoms with Gasteiger partial charge in [-0.15, -0.1) is 11.3 Å². The van der Waals surface area contributed by atoms with Crippen molar-refractivity contribution in [3.63, 3.8) is 0 Å². The number of rotatable bonds is 4. The van der Waals surface area contributed by atoms with Gasteiger partial charge in [-0.1, -0.05) is 31.5 Å². The van der Waals surface area contributed by atoms with E-state index in [0.717, 1.165) is 54.7 Å². The molecule has 0 radical (unpaired) electrons. The molecule has 0 spiro atoms. The van der Waals surface area contributed by atoms with Gasteiger partial charge < -0.3 is 10.5 Å². The standard InChI is InChI=1S/C28H31ClN4O2S/c1-17-20(29)5-4-6-21(17)33-22-12-28(2,3)13-23(34)26(22)25(19(14-30)27(33)31)24-11-18(16-36-24)15-32-7-9-35-10-8-32/h4-6,11,16,25H,7-10,12-13,15,31H2,1-3H3. The molecular weight excluding hydrogens is 492 g/mol. The molecule has 3 heterocycles. The topological polar surface area (TPSA) is 82.6 Å². The van der Waals surface area contributed by atoms with Crippen molar-refractivity contribution in [1.82, 2.24) is 4.90 Å². The Morgan fingerprint density at radius 1 is 1.28 bits per heavy atom. The number of benzene rings is 1. The van der Waals surface area contributed by atoms with E-state index < -0.39 is 5.92 Å². The third-order valence-corrected chi connectivity index (χ3v) is 8.79. The lowest BCUT2D eigenvalue weighted by atomic mass is 9.69. The maximum atomic E-state index is 13.7.